The van der Waals surface area contributed by atoms with Gasteiger partial charge in [-0.2, -0.15) is 0 Å². The van der Waals surface area contributed by atoms with Crippen molar-refractivity contribution in [3.05, 3.63) is 60.1 Å². The second-order valence-electron chi connectivity index (χ2n) is 5.35. The quantitative estimate of drug-likeness (QED) is 0.810. The van der Waals surface area contributed by atoms with Crippen molar-refractivity contribution in [1.29, 1.82) is 0 Å². The molecule has 2 aromatic rings. The number of furan rings is 1. The fraction of sp³-hybridized carbons (Fsp3) is 0.294. The molecule has 6 heteroatoms. The molecule has 23 heavy (non-hydrogen) atoms. The molecule has 2 rings (SSSR count). The Bertz CT molecular complexity index is 624. The zero-order chi connectivity index (χ0) is 16.7. The summed E-state index contributed by atoms with van der Waals surface area (Å²) in [6.07, 6.45) is 1.41. The predicted octanol–water partition coefficient (Wildman–Crippen LogP) is 1.43. The van der Waals surface area contributed by atoms with E-state index in [1.807, 2.05) is 49.3 Å². The molecule has 0 bridgehead atoms. The van der Waals surface area contributed by atoms with Crippen molar-refractivity contribution in [2.24, 2.45) is 0 Å². The van der Waals surface area contributed by atoms with Gasteiger partial charge in [-0.3, -0.25) is 9.59 Å². The van der Waals surface area contributed by atoms with Crippen LogP contribution in [-0.4, -0.2) is 43.9 Å². The van der Waals surface area contributed by atoms with Gasteiger partial charge in [0.05, 0.1) is 18.8 Å². The van der Waals surface area contributed by atoms with Crippen molar-refractivity contribution in [3.63, 3.8) is 0 Å². The number of likely N-dealkylation sites (N-methyl/N-ethyl adjacent to an activating group) is 1. The first kappa shape index (κ1) is 16.8. The minimum atomic E-state index is -0.405. The lowest BCUT2D eigenvalue weighted by Gasteiger charge is -2.25. The van der Waals surface area contributed by atoms with Crippen LogP contribution in [0.15, 0.2) is 53.1 Å². The van der Waals surface area contributed by atoms with Crippen LogP contribution in [0.25, 0.3) is 0 Å². The van der Waals surface area contributed by atoms with Gasteiger partial charge in [0.1, 0.15) is 0 Å². The maximum Gasteiger partial charge on any atom is 0.287 e. The maximum absolute atomic E-state index is 11.9. The van der Waals surface area contributed by atoms with Crippen LogP contribution in [0.4, 0.5) is 0 Å². The molecule has 0 fully saturated rings. The summed E-state index contributed by atoms with van der Waals surface area (Å²) in [4.78, 5) is 25.6. The van der Waals surface area contributed by atoms with Crippen molar-refractivity contribution in [3.8, 4) is 0 Å². The minimum absolute atomic E-state index is 0.0703. The molecule has 0 unspecified atom stereocenters. The lowest BCUT2D eigenvalue weighted by molar-refractivity contribution is -0.120. The smallest absolute Gasteiger partial charge is 0.287 e. The Labute approximate surface area is 135 Å². The Balaban J connectivity index is 1.81. The third-order valence-electron chi connectivity index (χ3n) is 3.45. The van der Waals surface area contributed by atoms with Crippen molar-refractivity contribution in [2.45, 2.75) is 6.04 Å². The van der Waals surface area contributed by atoms with E-state index >= 15 is 0 Å². The van der Waals surface area contributed by atoms with Gasteiger partial charge in [-0.05, 0) is 31.8 Å². The van der Waals surface area contributed by atoms with Crippen LogP contribution in [0.1, 0.15) is 22.2 Å². The SMILES string of the molecule is CN(C)[C@H](CNC(=O)CNC(=O)c1ccco1)c1ccccc1. The van der Waals surface area contributed by atoms with E-state index in [4.69, 9.17) is 4.42 Å². The maximum atomic E-state index is 11.9. The summed E-state index contributed by atoms with van der Waals surface area (Å²) in [5.41, 5.74) is 1.12. The van der Waals surface area contributed by atoms with E-state index in [0.29, 0.717) is 6.54 Å². The first-order valence-electron chi connectivity index (χ1n) is 7.37. The molecule has 0 aliphatic rings. The van der Waals surface area contributed by atoms with Gasteiger partial charge in [0.2, 0.25) is 5.91 Å². The van der Waals surface area contributed by atoms with Crippen LogP contribution in [0.2, 0.25) is 0 Å². The van der Waals surface area contributed by atoms with Gasteiger partial charge in [0, 0.05) is 6.54 Å². The Morgan fingerprint density at radius 3 is 2.43 bits per heavy atom. The third kappa shape index (κ3) is 4.96. The highest BCUT2D eigenvalue weighted by Crippen LogP contribution is 2.16. The van der Waals surface area contributed by atoms with Crippen molar-refractivity contribution >= 4 is 11.8 Å². The molecule has 6 nitrogen and oxygen atoms in total. The molecule has 2 amide bonds. The number of carbonyl (C=O) groups is 2. The number of hydrogen-bond donors (Lipinski definition) is 2. The predicted molar refractivity (Wildman–Crippen MR) is 86.9 cm³/mol. The summed E-state index contributed by atoms with van der Waals surface area (Å²) in [6, 6.07) is 13.2. The summed E-state index contributed by atoms with van der Waals surface area (Å²) in [7, 11) is 3.92. The number of carbonyl (C=O) groups excluding carboxylic acids is 2. The minimum Gasteiger partial charge on any atom is -0.459 e. The van der Waals surface area contributed by atoms with E-state index in [9.17, 15) is 9.59 Å². The molecular formula is C17H21N3O3. The molecule has 0 saturated heterocycles. The highest BCUT2D eigenvalue weighted by atomic mass is 16.3. The highest BCUT2D eigenvalue weighted by molar-refractivity contribution is 5.94. The van der Waals surface area contributed by atoms with Crippen molar-refractivity contribution in [1.82, 2.24) is 15.5 Å². The van der Waals surface area contributed by atoms with Gasteiger partial charge in [-0.15, -0.1) is 0 Å². The van der Waals surface area contributed by atoms with Gasteiger partial charge in [0.15, 0.2) is 5.76 Å². The Kier molecular flexibility index (Phi) is 5.94. The van der Waals surface area contributed by atoms with E-state index in [1.54, 1.807) is 12.1 Å². The van der Waals surface area contributed by atoms with E-state index in [2.05, 4.69) is 10.6 Å². The number of benzene rings is 1. The fourth-order valence-corrected chi connectivity index (χ4v) is 2.20. The van der Waals surface area contributed by atoms with Gasteiger partial charge < -0.3 is 20.0 Å². The molecule has 1 atom stereocenters. The van der Waals surface area contributed by atoms with E-state index in [-0.39, 0.29) is 24.3 Å². The summed E-state index contributed by atoms with van der Waals surface area (Å²) >= 11 is 0. The first-order chi connectivity index (χ1) is 11.1. The van der Waals surface area contributed by atoms with Crippen LogP contribution in [0, 0.1) is 0 Å². The first-order valence-corrected chi connectivity index (χ1v) is 7.37. The van der Waals surface area contributed by atoms with Crippen molar-refractivity contribution < 1.29 is 14.0 Å². The van der Waals surface area contributed by atoms with Crippen LogP contribution in [0.5, 0.6) is 0 Å². The molecule has 0 radical (unpaired) electrons. The number of hydrogen-bond acceptors (Lipinski definition) is 4. The van der Waals surface area contributed by atoms with Crippen LogP contribution in [0.3, 0.4) is 0 Å². The monoisotopic (exact) mass is 315 g/mol. The Morgan fingerprint density at radius 1 is 1.09 bits per heavy atom. The van der Waals surface area contributed by atoms with Gasteiger partial charge in [-0.1, -0.05) is 30.3 Å². The average Bonchev–Trinajstić information content (AvgIpc) is 3.08. The summed E-state index contributed by atoms with van der Waals surface area (Å²) in [5.74, 6) is -0.460. The van der Waals surface area contributed by atoms with Gasteiger partial charge >= 0.3 is 0 Å². The highest BCUT2D eigenvalue weighted by Gasteiger charge is 2.15. The summed E-state index contributed by atoms with van der Waals surface area (Å²) in [6.45, 7) is 0.376. The normalized spacial score (nSPS) is 12.0. The third-order valence-corrected chi connectivity index (χ3v) is 3.45. The topological polar surface area (TPSA) is 74.6 Å². The summed E-state index contributed by atoms with van der Waals surface area (Å²) < 4.78 is 4.96. The molecule has 122 valence electrons. The number of rotatable bonds is 7. The van der Waals surface area contributed by atoms with Crippen LogP contribution < -0.4 is 10.6 Å². The molecule has 0 aliphatic carbocycles. The lowest BCUT2D eigenvalue weighted by Crippen LogP contribution is -2.40. The molecule has 1 aromatic heterocycles. The Hall–Kier alpha value is -2.60. The largest absolute Gasteiger partial charge is 0.459 e. The molecule has 0 saturated carbocycles. The number of nitrogens with one attached hydrogen (secondary N) is 2. The van der Waals surface area contributed by atoms with Crippen LogP contribution in [-0.2, 0) is 4.79 Å². The molecule has 0 spiro atoms. The number of amides is 2. The van der Waals surface area contributed by atoms with E-state index < -0.39 is 5.91 Å². The Morgan fingerprint density at radius 2 is 1.83 bits per heavy atom. The lowest BCUT2D eigenvalue weighted by atomic mass is 10.1. The van der Waals surface area contributed by atoms with Crippen LogP contribution >= 0.6 is 0 Å². The zero-order valence-electron chi connectivity index (χ0n) is 13.3. The molecule has 1 heterocycles. The second kappa shape index (κ2) is 8.14. The van der Waals surface area contributed by atoms with E-state index in [0.717, 1.165) is 5.56 Å². The molecule has 2 N–H and O–H groups in total. The van der Waals surface area contributed by atoms with Crippen molar-refractivity contribution in [2.75, 3.05) is 27.2 Å². The molecule has 0 aliphatic heterocycles. The number of nitrogens with zero attached hydrogens (tertiary/aromatic N) is 1. The van der Waals surface area contributed by atoms with Gasteiger partial charge in [-0.25, -0.2) is 0 Å². The standard InChI is InChI=1S/C17H21N3O3/c1-20(2)14(13-7-4-3-5-8-13)11-18-16(21)12-19-17(22)15-9-6-10-23-15/h3-10,14H,11-12H2,1-2H3,(H,18,21)(H,19,22)/t14-/m1/s1. The summed E-state index contributed by atoms with van der Waals surface area (Å²) in [5, 5.41) is 5.36. The molecule has 1 aromatic carbocycles. The fourth-order valence-electron chi connectivity index (χ4n) is 2.20. The molecular weight excluding hydrogens is 294 g/mol. The second-order valence-corrected chi connectivity index (χ2v) is 5.35. The van der Waals surface area contributed by atoms with Gasteiger partial charge in [0.25, 0.3) is 5.91 Å². The average molecular weight is 315 g/mol. The zero-order valence-corrected chi connectivity index (χ0v) is 13.3. The van der Waals surface area contributed by atoms with E-state index in [1.165, 1.54) is 6.26 Å².